The van der Waals surface area contributed by atoms with Crippen LogP contribution in [0.25, 0.3) is 27.4 Å². The van der Waals surface area contributed by atoms with Gasteiger partial charge >= 0.3 is 0 Å². The minimum atomic E-state index is 0.425. The van der Waals surface area contributed by atoms with E-state index in [1.807, 2.05) is 12.3 Å². The summed E-state index contributed by atoms with van der Waals surface area (Å²) in [6.45, 7) is 0. The topological polar surface area (TPSA) is 56.2 Å². The Bertz CT molecular complexity index is 880. The number of imidazole rings is 1. The zero-order chi connectivity index (χ0) is 13.0. The monoisotopic (exact) mass is 354 g/mol. The highest BCUT2D eigenvalue weighted by Crippen LogP contribution is 2.31. The van der Waals surface area contributed by atoms with Crippen LogP contribution >= 0.6 is 38.9 Å². The van der Waals surface area contributed by atoms with Crippen molar-refractivity contribution in [3.8, 4) is 11.5 Å². The van der Waals surface area contributed by atoms with Crippen LogP contribution in [0.1, 0.15) is 0 Å². The van der Waals surface area contributed by atoms with E-state index in [1.165, 1.54) is 11.3 Å². The van der Waals surface area contributed by atoms with Gasteiger partial charge in [0.2, 0.25) is 4.96 Å². The summed E-state index contributed by atoms with van der Waals surface area (Å²) in [7, 11) is 0. The van der Waals surface area contributed by atoms with Gasteiger partial charge in [-0.25, -0.2) is 14.5 Å². The second-order valence-corrected chi connectivity index (χ2v) is 6.42. The first-order chi connectivity index (χ1) is 9.20. The molecule has 0 aromatic carbocycles. The van der Waals surface area contributed by atoms with Gasteiger partial charge < -0.3 is 4.42 Å². The van der Waals surface area contributed by atoms with E-state index in [1.54, 1.807) is 16.8 Å². The second kappa shape index (κ2) is 4.03. The van der Waals surface area contributed by atoms with Crippen molar-refractivity contribution in [3.63, 3.8) is 0 Å². The summed E-state index contributed by atoms with van der Waals surface area (Å²) < 4.78 is 8.22. The molecule has 0 saturated carbocycles. The molecule has 0 amide bonds. The van der Waals surface area contributed by atoms with Crippen molar-refractivity contribution in [2.45, 2.75) is 0 Å². The molecule has 0 spiro atoms. The Morgan fingerprint density at radius 3 is 3.11 bits per heavy atom. The first-order valence-electron chi connectivity index (χ1n) is 5.27. The lowest BCUT2D eigenvalue weighted by molar-refractivity contribution is 0.629. The predicted octanol–water partition coefficient (Wildman–Crippen LogP) is 4.01. The first kappa shape index (κ1) is 11.4. The molecule has 0 N–H and O–H groups in total. The molecule has 0 atom stereocenters. The quantitative estimate of drug-likeness (QED) is 0.484. The SMILES string of the molecule is Clc1nccc2oc(-c3cn4nc(Br)sc4n3)cc12. The number of fused-ring (bicyclic) bond motifs is 2. The molecule has 94 valence electrons. The van der Waals surface area contributed by atoms with Gasteiger partial charge in [0.05, 0.1) is 11.6 Å². The van der Waals surface area contributed by atoms with Crippen LogP contribution in [-0.2, 0) is 0 Å². The van der Waals surface area contributed by atoms with Gasteiger partial charge in [0.25, 0.3) is 0 Å². The lowest BCUT2D eigenvalue weighted by Crippen LogP contribution is -1.77. The average Bonchev–Trinajstić information content (AvgIpc) is 3.00. The van der Waals surface area contributed by atoms with Crippen LogP contribution < -0.4 is 0 Å². The third-order valence-corrected chi connectivity index (χ3v) is 4.32. The van der Waals surface area contributed by atoms with E-state index in [2.05, 4.69) is 31.0 Å². The van der Waals surface area contributed by atoms with Crippen molar-refractivity contribution in [2.24, 2.45) is 0 Å². The molecule has 0 radical (unpaired) electrons. The number of pyridine rings is 1. The maximum Gasteiger partial charge on any atom is 0.213 e. The van der Waals surface area contributed by atoms with Crippen LogP contribution in [0.2, 0.25) is 5.15 Å². The fourth-order valence-electron chi connectivity index (χ4n) is 1.85. The fourth-order valence-corrected chi connectivity index (χ4v) is 3.27. The smallest absolute Gasteiger partial charge is 0.213 e. The normalized spacial score (nSPS) is 11.7. The molecular formula is C11H4BrClN4OS. The van der Waals surface area contributed by atoms with Crippen LogP contribution in [0, 0.1) is 0 Å². The van der Waals surface area contributed by atoms with Gasteiger partial charge in [0, 0.05) is 6.20 Å². The molecular weight excluding hydrogens is 352 g/mol. The highest BCUT2D eigenvalue weighted by molar-refractivity contribution is 9.11. The van der Waals surface area contributed by atoms with E-state index in [0.717, 1.165) is 20.0 Å². The van der Waals surface area contributed by atoms with Crippen LogP contribution in [-0.4, -0.2) is 19.6 Å². The summed E-state index contributed by atoms with van der Waals surface area (Å²) in [5, 5.41) is 5.45. The second-order valence-electron chi connectivity index (χ2n) is 3.83. The standard InChI is InChI=1S/C11H4BrClN4OS/c12-10-16-17-4-6(15-11(17)19-10)8-3-5-7(18-8)1-2-14-9(5)13/h1-4H. The van der Waals surface area contributed by atoms with E-state index >= 15 is 0 Å². The molecule has 8 heteroatoms. The van der Waals surface area contributed by atoms with Crippen molar-refractivity contribution in [3.05, 3.63) is 33.6 Å². The van der Waals surface area contributed by atoms with Gasteiger partial charge in [-0.2, -0.15) is 0 Å². The van der Waals surface area contributed by atoms with Crippen molar-refractivity contribution in [1.29, 1.82) is 0 Å². The number of hydrogen-bond donors (Lipinski definition) is 0. The maximum absolute atomic E-state index is 6.02. The molecule has 0 saturated heterocycles. The molecule has 19 heavy (non-hydrogen) atoms. The average molecular weight is 356 g/mol. The summed E-state index contributed by atoms with van der Waals surface area (Å²) in [6, 6.07) is 3.62. The van der Waals surface area contributed by atoms with Crippen molar-refractivity contribution < 1.29 is 4.42 Å². The Morgan fingerprint density at radius 2 is 2.32 bits per heavy atom. The molecule has 0 bridgehead atoms. The molecule has 0 unspecified atom stereocenters. The van der Waals surface area contributed by atoms with Gasteiger partial charge in [0.1, 0.15) is 16.4 Å². The largest absolute Gasteiger partial charge is 0.454 e. The Labute approximate surface area is 124 Å². The highest BCUT2D eigenvalue weighted by Gasteiger charge is 2.14. The summed E-state index contributed by atoms with van der Waals surface area (Å²) >= 11 is 10.8. The number of furan rings is 1. The van der Waals surface area contributed by atoms with Crippen molar-refractivity contribution >= 4 is 54.8 Å². The van der Waals surface area contributed by atoms with Crippen LogP contribution in [0.5, 0.6) is 0 Å². The first-order valence-corrected chi connectivity index (χ1v) is 7.25. The van der Waals surface area contributed by atoms with Gasteiger partial charge in [-0.05, 0) is 28.1 Å². The predicted molar refractivity (Wildman–Crippen MR) is 76.6 cm³/mol. The highest BCUT2D eigenvalue weighted by atomic mass is 79.9. The minimum Gasteiger partial charge on any atom is -0.454 e. The molecule has 0 fully saturated rings. The van der Waals surface area contributed by atoms with Gasteiger partial charge in [-0.15, -0.1) is 5.10 Å². The van der Waals surface area contributed by atoms with Crippen molar-refractivity contribution in [1.82, 2.24) is 19.6 Å². The van der Waals surface area contributed by atoms with Gasteiger partial charge in [-0.3, -0.25) is 0 Å². The number of rotatable bonds is 1. The number of aromatic nitrogens is 4. The van der Waals surface area contributed by atoms with E-state index in [9.17, 15) is 0 Å². The molecule has 0 aliphatic rings. The van der Waals surface area contributed by atoms with E-state index < -0.39 is 0 Å². The lowest BCUT2D eigenvalue weighted by atomic mass is 10.3. The Morgan fingerprint density at radius 1 is 1.42 bits per heavy atom. The Balaban J connectivity index is 1.93. The Kier molecular flexibility index (Phi) is 2.41. The molecule has 4 aromatic rings. The summed E-state index contributed by atoms with van der Waals surface area (Å²) in [5.74, 6) is 0.652. The number of halogens is 2. The molecule has 5 nitrogen and oxygen atoms in total. The van der Waals surface area contributed by atoms with Gasteiger partial charge in [-0.1, -0.05) is 22.9 Å². The summed E-state index contributed by atoms with van der Waals surface area (Å²) in [6.07, 6.45) is 3.43. The third-order valence-electron chi connectivity index (χ3n) is 2.67. The zero-order valence-electron chi connectivity index (χ0n) is 9.17. The van der Waals surface area contributed by atoms with E-state index in [4.69, 9.17) is 16.0 Å². The number of nitrogens with zero attached hydrogens (tertiary/aromatic N) is 4. The summed E-state index contributed by atoms with van der Waals surface area (Å²) in [4.78, 5) is 9.28. The van der Waals surface area contributed by atoms with E-state index in [-0.39, 0.29) is 0 Å². The van der Waals surface area contributed by atoms with Crippen LogP contribution in [0.3, 0.4) is 0 Å². The minimum absolute atomic E-state index is 0.425. The third kappa shape index (κ3) is 1.77. The molecule has 4 heterocycles. The lowest BCUT2D eigenvalue weighted by Gasteiger charge is -1.88. The number of hydrogen-bond acceptors (Lipinski definition) is 5. The van der Waals surface area contributed by atoms with E-state index in [0.29, 0.717) is 16.5 Å². The molecule has 0 aliphatic carbocycles. The van der Waals surface area contributed by atoms with Crippen LogP contribution in [0.4, 0.5) is 0 Å². The Hall–Kier alpha value is -1.44. The zero-order valence-corrected chi connectivity index (χ0v) is 12.3. The molecule has 0 aliphatic heterocycles. The molecule has 4 rings (SSSR count). The van der Waals surface area contributed by atoms with Gasteiger partial charge in [0.15, 0.2) is 9.68 Å². The molecule has 4 aromatic heterocycles. The van der Waals surface area contributed by atoms with Crippen molar-refractivity contribution in [2.75, 3.05) is 0 Å². The van der Waals surface area contributed by atoms with Crippen LogP contribution in [0.15, 0.2) is 32.9 Å². The fraction of sp³-hybridized carbons (Fsp3) is 0. The maximum atomic E-state index is 6.02. The summed E-state index contributed by atoms with van der Waals surface area (Å²) in [5.41, 5.74) is 1.42.